The van der Waals surface area contributed by atoms with Crippen molar-refractivity contribution in [2.45, 2.75) is 33.4 Å². The Morgan fingerprint density at radius 1 is 1.14 bits per heavy atom. The third-order valence-corrected chi connectivity index (χ3v) is 3.67. The highest BCUT2D eigenvalue weighted by atomic mass is 15.1. The Hall–Kier alpha value is -1.87. The first-order chi connectivity index (χ1) is 10.1. The number of pyridine rings is 1. The van der Waals surface area contributed by atoms with E-state index in [2.05, 4.69) is 72.5 Å². The average molecular weight is 283 g/mol. The molecule has 0 bridgehead atoms. The van der Waals surface area contributed by atoms with Crippen LogP contribution in [0.4, 0.5) is 5.69 Å². The fourth-order valence-corrected chi connectivity index (χ4v) is 2.63. The Morgan fingerprint density at radius 3 is 2.62 bits per heavy atom. The van der Waals surface area contributed by atoms with Gasteiger partial charge in [-0.3, -0.25) is 4.98 Å². The summed E-state index contributed by atoms with van der Waals surface area (Å²) in [6.07, 6.45) is 0. The summed E-state index contributed by atoms with van der Waals surface area (Å²) in [7, 11) is 2.13. The molecule has 1 N–H and O–H groups in total. The summed E-state index contributed by atoms with van der Waals surface area (Å²) >= 11 is 0. The number of aryl methyl sites for hydroxylation is 1. The predicted octanol–water partition coefficient (Wildman–Crippen LogP) is 3.70. The smallest absolute Gasteiger partial charge is 0.0600 e. The van der Waals surface area contributed by atoms with Crippen LogP contribution in [-0.2, 0) is 6.54 Å². The first-order valence-corrected chi connectivity index (χ1v) is 7.57. The summed E-state index contributed by atoms with van der Waals surface area (Å²) in [5, 5.41) is 3.49. The number of hydrogen-bond acceptors (Lipinski definition) is 3. The van der Waals surface area contributed by atoms with Crippen molar-refractivity contribution >= 4 is 5.69 Å². The molecule has 21 heavy (non-hydrogen) atoms. The average Bonchev–Trinajstić information content (AvgIpc) is 2.47. The van der Waals surface area contributed by atoms with Gasteiger partial charge in [0.1, 0.15) is 0 Å². The minimum absolute atomic E-state index is 0.346. The molecular weight excluding hydrogens is 258 g/mol. The van der Waals surface area contributed by atoms with Gasteiger partial charge in [0.2, 0.25) is 0 Å². The van der Waals surface area contributed by atoms with Crippen molar-refractivity contribution in [1.29, 1.82) is 0 Å². The molecule has 0 saturated heterocycles. The summed E-state index contributed by atoms with van der Waals surface area (Å²) in [5.74, 6) is 0. The van der Waals surface area contributed by atoms with E-state index in [1.54, 1.807) is 0 Å². The number of para-hydroxylation sites is 1. The lowest BCUT2D eigenvalue weighted by molar-refractivity contribution is 0.596. The topological polar surface area (TPSA) is 28.2 Å². The molecule has 0 fully saturated rings. The van der Waals surface area contributed by atoms with Crippen molar-refractivity contribution in [1.82, 2.24) is 10.3 Å². The molecule has 112 valence electrons. The fourth-order valence-electron chi connectivity index (χ4n) is 2.63. The number of anilines is 1. The first kappa shape index (κ1) is 15.5. The highest BCUT2D eigenvalue weighted by Gasteiger charge is 2.12. The van der Waals surface area contributed by atoms with Gasteiger partial charge in [-0.2, -0.15) is 0 Å². The Balaban J connectivity index is 2.21. The molecule has 1 atom stereocenters. The number of nitrogens with one attached hydrogen (secondary N) is 1. The lowest BCUT2D eigenvalue weighted by Crippen LogP contribution is -2.23. The van der Waals surface area contributed by atoms with E-state index in [4.69, 9.17) is 0 Å². The summed E-state index contributed by atoms with van der Waals surface area (Å²) in [6, 6.07) is 15.1. The zero-order valence-electron chi connectivity index (χ0n) is 13.4. The predicted molar refractivity (Wildman–Crippen MR) is 89.6 cm³/mol. The van der Waals surface area contributed by atoms with E-state index < -0.39 is 0 Å². The van der Waals surface area contributed by atoms with Gasteiger partial charge in [-0.25, -0.2) is 0 Å². The van der Waals surface area contributed by atoms with Crippen molar-refractivity contribution < 1.29 is 0 Å². The van der Waals surface area contributed by atoms with Crippen LogP contribution in [-0.4, -0.2) is 18.6 Å². The van der Waals surface area contributed by atoms with Crippen LogP contribution in [0.3, 0.4) is 0 Å². The van der Waals surface area contributed by atoms with E-state index in [0.29, 0.717) is 6.04 Å². The lowest BCUT2D eigenvalue weighted by Gasteiger charge is -2.25. The van der Waals surface area contributed by atoms with Crippen molar-refractivity contribution in [3.63, 3.8) is 0 Å². The van der Waals surface area contributed by atoms with Crippen LogP contribution in [0.1, 0.15) is 36.8 Å². The van der Waals surface area contributed by atoms with Crippen molar-refractivity contribution in [3.05, 3.63) is 59.4 Å². The number of aromatic nitrogens is 1. The zero-order valence-corrected chi connectivity index (χ0v) is 13.4. The van der Waals surface area contributed by atoms with E-state index >= 15 is 0 Å². The molecule has 2 aromatic rings. The van der Waals surface area contributed by atoms with Gasteiger partial charge < -0.3 is 10.2 Å². The highest BCUT2D eigenvalue weighted by molar-refractivity contribution is 5.54. The largest absolute Gasteiger partial charge is 0.368 e. The van der Waals surface area contributed by atoms with E-state index in [-0.39, 0.29) is 0 Å². The molecular formula is C18H25N3. The van der Waals surface area contributed by atoms with E-state index in [1.165, 1.54) is 11.3 Å². The first-order valence-electron chi connectivity index (χ1n) is 7.57. The summed E-state index contributed by atoms with van der Waals surface area (Å²) < 4.78 is 0. The molecule has 3 nitrogen and oxygen atoms in total. The third-order valence-electron chi connectivity index (χ3n) is 3.67. The van der Waals surface area contributed by atoms with Gasteiger partial charge in [0, 0.05) is 24.5 Å². The minimum atomic E-state index is 0.346. The molecule has 0 radical (unpaired) electrons. The number of benzene rings is 1. The maximum Gasteiger partial charge on any atom is 0.0600 e. The van der Waals surface area contributed by atoms with Crippen LogP contribution in [0, 0.1) is 6.92 Å². The SMILES string of the molecule is CCNC(C)c1ccccc1N(C)Cc1cccc(C)n1. The van der Waals surface area contributed by atoms with E-state index in [1.807, 2.05) is 13.0 Å². The van der Waals surface area contributed by atoms with Crippen molar-refractivity contribution in [3.8, 4) is 0 Å². The van der Waals surface area contributed by atoms with Crippen LogP contribution in [0.5, 0.6) is 0 Å². The second kappa shape index (κ2) is 7.23. The Morgan fingerprint density at radius 2 is 1.90 bits per heavy atom. The molecule has 1 unspecified atom stereocenters. The van der Waals surface area contributed by atoms with Gasteiger partial charge in [-0.05, 0) is 44.2 Å². The molecule has 0 aliphatic rings. The molecule has 0 aliphatic carbocycles. The van der Waals surface area contributed by atoms with E-state index in [0.717, 1.165) is 24.5 Å². The molecule has 1 heterocycles. The molecule has 0 spiro atoms. The summed E-state index contributed by atoms with van der Waals surface area (Å²) in [5.41, 5.74) is 4.75. The summed E-state index contributed by atoms with van der Waals surface area (Å²) in [6.45, 7) is 8.17. The third kappa shape index (κ3) is 4.05. The molecule has 0 aliphatic heterocycles. The Bertz CT molecular complexity index is 580. The second-order valence-corrected chi connectivity index (χ2v) is 5.46. The maximum atomic E-state index is 4.59. The van der Waals surface area contributed by atoms with Gasteiger partial charge >= 0.3 is 0 Å². The van der Waals surface area contributed by atoms with Crippen LogP contribution in [0.25, 0.3) is 0 Å². The number of nitrogens with zero attached hydrogens (tertiary/aromatic N) is 2. The van der Waals surface area contributed by atoms with Crippen LogP contribution < -0.4 is 10.2 Å². The van der Waals surface area contributed by atoms with Crippen molar-refractivity contribution in [2.24, 2.45) is 0 Å². The molecule has 0 amide bonds. The molecule has 0 saturated carbocycles. The lowest BCUT2D eigenvalue weighted by atomic mass is 10.1. The van der Waals surface area contributed by atoms with Crippen LogP contribution in [0.15, 0.2) is 42.5 Å². The van der Waals surface area contributed by atoms with Crippen molar-refractivity contribution in [2.75, 3.05) is 18.5 Å². The molecule has 2 rings (SSSR count). The van der Waals surface area contributed by atoms with Gasteiger partial charge in [0.15, 0.2) is 0 Å². The van der Waals surface area contributed by atoms with Gasteiger partial charge in [-0.1, -0.05) is 31.2 Å². The van der Waals surface area contributed by atoms with Gasteiger partial charge in [0.25, 0.3) is 0 Å². The fraction of sp³-hybridized carbons (Fsp3) is 0.389. The standard InChI is InChI=1S/C18H25N3/c1-5-19-15(3)17-11-6-7-12-18(17)21(4)13-16-10-8-9-14(2)20-16/h6-12,15,19H,5,13H2,1-4H3. The second-order valence-electron chi connectivity index (χ2n) is 5.46. The normalized spacial score (nSPS) is 12.2. The van der Waals surface area contributed by atoms with E-state index in [9.17, 15) is 0 Å². The Labute approximate surface area is 128 Å². The monoisotopic (exact) mass is 283 g/mol. The quantitative estimate of drug-likeness (QED) is 0.876. The minimum Gasteiger partial charge on any atom is -0.368 e. The molecule has 1 aromatic carbocycles. The van der Waals surface area contributed by atoms with Gasteiger partial charge in [-0.15, -0.1) is 0 Å². The molecule has 3 heteroatoms. The zero-order chi connectivity index (χ0) is 15.2. The number of rotatable bonds is 6. The van der Waals surface area contributed by atoms with Crippen LogP contribution >= 0.6 is 0 Å². The Kier molecular flexibility index (Phi) is 5.34. The summed E-state index contributed by atoms with van der Waals surface area (Å²) in [4.78, 5) is 6.86. The highest BCUT2D eigenvalue weighted by Crippen LogP contribution is 2.26. The number of hydrogen-bond donors (Lipinski definition) is 1. The maximum absolute atomic E-state index is 4.59. The molecule has 1 aromatic heterocycles. The van der Waals surface area contributed by atoms with Gasteiger partial charge in [0.05, 0.1) is 12.2 Å². The van der Waals surface area contributed by atoms with Crippen LogP contribution in [0.2, 0.25) is 0 Å².